The third kappa shape index (κ3) is 6.07. The minimum atomic E-state index is -3.20. The van der Waals surface area contributed by atoms with Crippen LogP contribution in [0.3, 0.4) is 0 Å². The highest BCUT2D eigenvalue weighted by Gasteiger charge is 2.07. The van der Waals surface area contributed by atoms with Crippen LogP contribution in [-0.4, -0.2) is 27.2 Å². The predicted octanol–water partition coefficient (Wildman–Crippen LogP) is 3.17. The summed E-state index contributed by atoms with van der Waals surface area (Å²) >= 11 is 0. The van der Waals surface area contributed by atoms with E-state index >= 15 is 0 Å². The second-order valence-electron chi connectivity index (χ2n) is 6.17. The fraction of sp³-hybridized carbons (Fsp3) is 0.316. The largest absolute Gasteiger partial charge is 0.494 e. The summed E-state index contributed by atoms with van der Waals surface area (Å²) in [6.45, 7) is 2.38. The predicted molar refractivity (Wildman–Crippen MR) is 103 cm³/mol. The van der Waals surface area contributed by atoms with Crippen molar-refractivity contribution in [2.24, 2.45) is 0 Å². The van der Waals surface area contributed by atoms with Crippen LogP contribution in [0.5, 0.6) is 5.75 Å². The number of unbranched alkanes of at least 4 members (excludes halogenated alkanes) is 1. The van der Waals surface area contributed by atoms with Crippen LogP contribution in [0.4, 0.5) is 11.4 Å². The first kappa shape index (κ1) is 19.8. The molecule has 1 amide bonds. The molecule has 2 aromatic rings. The molecule has 0 saturated heterocycles. The zero-order chi connectivity index (χ0) is 19.2. The summed E-state index contributed by atoms with van der Waals surface area (Å²) in [6.07, 6.45) is 2.97. The fourth-order valence-corrected chi connectivity index (χ4v) is 2.98. The van der Waals surface area contributed by atoms with Crippen LogP contribution in [0.15, 0.2) is 47.4 Å². The SMILES string of the molecule is Cc1ccc(N)cc1NC(=O)CCCCOc1ccc(S(C)(=O)=O)cc1. The number of nitrogens with two attached hydrogens (primary N) is 1. The first-order valence-electron chi connectivity index (χ1n) is 8.34. The van der Waals surface area contributed by atoms with Gasteiger partial charge in [-0.15, -0.1) is 0 Å². The molecule has 0 aliphatic rings. The first-order valence-corrected chi connectivity index (χ1v) is 10.2. The molecule has 0 radical (unpaired) electrons. The van der Waals surface area contributed by atoms with Gasteiger partial charge < -0.3 is 15.8 Å². The van der Waals surface area contributed by atoms with Crippen LogP contribution >= 0.6 is 0 Å². The maximum Gasteiger partial charge on any atom is 0.224 e. The van der Waals surface area contributed by atoms with Gasteiger partial charge in [0.15, 0.2) is 9.84 Å². The molecule has 0 spiro atoms. The summed E-state index contributed by atoms with van der Waals surface area (Å²) in [6, 6.07) is 11.7. The van der Waals surface area contributed by atoms with Gasteiger partial charge >= 0.3 is 0 Å². The molecule has 0 aliphatic carbocycles. The Labute approximate surface area is 154 Å². The lowest BCUT2D eigenvalue weighted by Gasteiger charge is -2.10. The van der Waals surface area contributed by atoms with Crippen molar-refractivity contribution in [2.45, 2.75) is 31.1 Å². The Kier molecular flexibility index (Phi) is 6.63. The number of nitrogen functional groups attached to an aromatic ring is 1. The summed E-state index contributed by atoms with van der Waals surface area (Å²) in [7, 11) is -3.20. The van der Waals surface area contributed by atoms with Crippen molar-refractivity contribution < 1.29 is 17.9 Å². The van der Waals surface area contributed by atoms with Gasteiger partial charge in [-0.05, 0) is 61.7 Å². The molecule has 0 atom stereocenters. The van der Waals surface area contributed by atoms with Gasteiger partial charge in [0.25, 0.3) is 0 Å². The number of sulfone groups is 1. The van der Waals surface area contributed by atoms with E-state index in [0.29, 0.717) is 30.9 Å². The Hall–Kier alpha value is -2.54. The third-order valence-electron chi connectivity index (χ3n) is 3.85. The number of rotatable bonds is 8. The number of hydrogen-bond acceptors (Lipinski definition) is 5. The number of anilines is 2. The van der Waals surface area contributed by atoms with Crippen LogP contribution in [0.1, 0.15) is 24.8 Å². The van der Waals surface area contributed by atoms with Crippen molar-refractivity contribution in [3.8, 4) is 5.75 Å². The van der Waals surface area contributed by atoms with Crippen LogP contribution < -0.4 is 15.8 Å². The molecule has 3 N–H and O–H groups in total. The molecular weight excluding hydrogens is 352 g/mol. The molecule has 0 aromatic heterocycles. The number of carbonyl (C=O) groups excluding carboxylic acids is 1. The highest BCUT2D eigenvalue weighted by atomic mass is 32.2. The molecule has 6 nitrogen and oxygen atoms in total. The minimum absolute atomic E-state index is 0.0591. The van der Waals surface area contributed by atoms with Crippen molar-refractivity contribution in [3.63, 3.8) is 0 Å². The van der Waals surface area contributed by atoms with Gasteiger partial charge in [0, 0.05) is 24.1 Å². The van der Waals surface area contributed by atoms with E-state index in [1.165, 1.54) is 18.4 Å². The Morgan fingerprint density at radius 1 is 1.12 bits per heavy atom. The molecular formula is C19H24N2O4S. The number of amides is 1. The summed E-state index contributed by atoms with van der Waals surface area (Å²) < 4.78 is 28.3. The Morgan fingerprint density at radius 2 is 1.81 bits per heavy atom. The zero-order valence-corrected chi connectivity index (χ0v) is 15.8. The first-order chi connectivity index (χ1) is 12.3. The summed E-state index contributed by atoms with van der Waals surface area (Å²) in [4.78, 5) is 12.3. The van der Waals surface area contributed by atoms with E-state index < -0.39 is 9.84 Å². The van der Waals surface area contributed by atoms with Crippen LogP contribution in [0, 0.1) is 6.92 Å². The summed E-state index contributed by atoms with van der Waals surface area (Å²) in [5.41, 5.74) is 8.04. The lowest BCUT2D eigenvalue weighted by Crippen LogP contribution is -2.12. The maximum absolute atomic E-state index is 12.0. The fourth-order valence-electron chi connectivity index (χ4n) is 2.35. The van der Waals surface area contributed by atoms with Gasteiger partial charge in [0.2, 0.25) is 5.91 Å². The van der Waals surface area contributed by atoms with E-state index in [1.54, 1.807) is 24.3 Å². The molecule has 2 rings (SSSR count). The minimum Gasteiger partial charge on any atom is -0.494 e. The number of nitrogens with one attached hydrogen (secondary N) is 1. The van der Waals surface area contributed by atoms with Gasteiger partial charge in [-0.1, -0.05) is 6.07 Å². The molecule has 2 aromatic carbocycles. The molecule has 140 valence electrons. The Bertz CT molecular complexity index is 862. The average molecular weight is 376 g/mol. The van der Waals surface area contributed by atoms with Gasteiger partial charge in [-0.3, -0.25) is 4.79 Å². The summed E-state index contributed by atoms with van der Waals surface area (Å²) in [5.74, 6) is 0.549. The Balaban J connectivity index is 1.70. The van der Waals surface area contributed by atoms with Crippen molar-refractivity contribution in [3.05, 3.63) is 48.0 Å². The molecule has 0 unspecified atom stereocenters. The zero-order valence-electron chi connectivity index (χ0n) is 15.0. The number of hydrogen-bond donors (Lipinski definition) is 2. The van der Waals surface area contributed by atoms with E-state index in [-0.39, 0.29) is 10.8 Å². The summed E-state index contributed by atoms with van der Waals surface area (Å²) in [5, 5.41) is 2.86. The van der Waals surface area contributed by atoms with Crippen molar-refractivity contribution in [1.82, 2.24) is 0 Å². The van der Waals surface area contributed by atoms with Gasteiger partial charge in [0.05, 0.1) is 11.5 Å². The molecule has 0 aliphatic heterocycles. The lowest BCUT2D eigenvalue weighted by atomic mass is 10.1. The average Bonchev–Trinajstić information content (AvgIpc) is 2.57. The van der Waals surface area contributed by atoms with Gasteiger partial charge in [-0.25, -0.2) is 8.42 Å². The monoisotopic (exact) mass is 376 g/mol. The van der Waals surface area contributed by atoms with E-state index in [9.17, 15) is 13.2 Å². The second-order valence-corrected chi connectivity index (χ2v) is 8.19. The van der Waals surface area contributed by atoms with Crippen LogP contribution in [0.25, 0.3) is 0 Å². The van der Waals surface area contributed by atoms with Crippen molar-refractivity contribution in [1.29, 1.82) is 0 Å². The second kappa shape index (κ2) is 8.71. The standard InChI is InChI=1S/C19H24N2O4S/c1-14-6-7-15(20)13-18(14)21-19(22)5-3-4-12-25-16-8-10-17(11-9-16)26(2,23)24/h6-11,13H,3-5,12,20H2,1-2H3,(H,21,22). The van der Waals surface area contributed by atoms with Crippen LogP contribution in [-0.2, 0) is 14.6 Å². The molecule has 0 bridgehead atoms. The molecule has 0 fully saturated rings. The van der Waals surface area contributed by atoms with Gasteiger partial charge in [-0.2, -0.15) is 0 Å². The quantitative estimate of drug-likeness (QED) is 0.545. The number of aryl methyl sites for hydroxylation is 1. The number of ether oxygens (including phenoxy) is 1. The molecule has 7 heteroatoms. The maximum atomic E-state index is 12.0. The van der Waals surface area contributed by atoms with E-state index in [4.69, 9.17) is 10.5 Å². The smallest absolute Gasteiger partial charge is 0.224 e. The topological polar surface area (TPSA) is 98.5 Å². The van der Waals surface area contributed by atoms with Crippen molar-refractivity contribution >= 4 is 27.1 Å². The van der Waals surface area contributed by atoms with E-state index in [1.807, 2.05) is 13.0 Å². The molecule has 0 heterocycles. The van der Waals surface area contributed by atoms with E-state index in [0.717, 1.165) is 17.7 Å². The Morgan fingerprint density at radius 3 is 2.46 bits per heavy atom. The van der Waals surface area contributed by atoms with Gasteiger partial charge in [0.1, 0.15) is 5.75 Å². The molecule has 26 heavy (non-hydrogen) atoms. The lowest BCUT2D eigenvalue weighted by molar-refractivity contribution is -0.116. The van der Waals surface area contributed by atoms with Crippen LogP contribution in [0.2, 0.25) is 0 Å². The highest BCUT2D eigenvalue weighted by molar-refractivity contribution is 7.90. The van der Waals surface area contributed by atoms with E-state index in [2.05, 4.69) is 5.32 Å². The highest BCUT2D eigenvalue weighted by Crippen LogP contribution is 2.19. The third-order valence-corrected chi connectivity index (χ3v) is 4.98. The van der Waals surface area contributed by atoms with Crippen molar-refractivity contribution in [2.75, 3.05) is 23.9 Å². The number of benzene rings is 2. The molecule has 0 saturated carbocycles. The number of carbonyl (C=O) groups is 1. The normalized spacial score (nSPS) is 11.2.